The lowest BCUT2D eigenvalue weighted by Crippen LogP contribution is -2.49. The molecule has 2 aromatic rings. The first-order chi connectivity index (χ1) is 15.3. The van der Waals surface area contributed by atoms with Crippen molar-refractivity contribution in [2.75, 3.05) is 0 Å². The highest BCUT2D eigenvalue weighted by atomic mass is 35.5. The van der Waals surface area contributed by atoms with E-state index in [9.17, 15) is 24.6 Å². The number of rotatable bonds is 8. The van der Waals surface area contributed by atoms with Crippen molar-refractivity contribution in [3.8, 4) is 0 Å². The number of halogens is 2. The van der Waals surface area contributed by atoms with E-state index in [0.717, 1.165) is 5.56 Å². The van der Waals surface area contributed by atoms with Crippen LogP contribution in [0.4, 0.5) is 0 Å². The van der Waals surface area contributed by atoms with Crippen molar-refractivity contribution in [2.24, 2.45) is 16.7 Å². The van der Waals surface area contributed by atoms with E-state index in [1.807, 2.05) is 6.07 Å². The minimum Gasteiger partial charge on any atom is -0.481 e. The van der Waals surface area contributed by atoms with Crippen molar-refractivity contribution in [3.63, 3.8) is 0 Å². The van der Waals surface area contributed by atoms with Crippen LogP contribution in [0.5, 0.6) is 0 Å². The number of carboxylic acids is 2. The number of imidazole rings is 1. The van der Waals surface area contributed by atoms with E-state index in [0.29, 0.717) is 35.1 Å². The van der Waals surface area contributed by atoms with Crippen molar-refractivity contribution >= 4 is 41.0 Å². The van der Waals surface area contributed by atoms with Gasteiger partial charge in [-0.15, -0.1) is 0 Å². The van der Waals surface area contributed by atoms with Gasteiger partial charge in [0.2, 0.25) is 5.91 Å². The minimum absolute atomic E-state index is 0.00120. The number of aliphatic carboxylic acids is 2. The van der Waals surface area contributed by atoms with Gasteiger partial charge in [-0.3, -0.25) is 9.59 Å². The highest BCUT2D eigenvalue weighted by molar-refractivity contribution is 6.42. The molecule has 1 aromatic heterocycles. The highest BCUT2D eigenvalue weighted by Crippen LogP contribution is 2.56. The van der Waals surface area contributed by atoms with E-state index in [4.69, 9.17) is 23.2 Å². The molecule has 0 spiro atoms. The van der Waals surface area contributed by atoms with E-state index in [2.05, 4.69) is 10.3 Å². The summed E-state index contributed by atoms with van der Waals surface area (Å²) in [5.41, 5.74) is -0.477. The Balaban J connectivity index is 1.68. The molecule has 0 bridgehead atoms. The number of carbonyl (C=O) groups is 3. The third kappa shape index (κ3) is 5.01. The molecule has 0 aliphatic heterocycles. The van der Waals surface area contributed by atoms with Crippen LogP contribution >= 0.6 is 23.2 Å². The van der Waals surface area contributed by atoms with Crippen LogP contribution in [0.1, 0.15) is 44.9 Å². The van der Waals surface area contributed by atoms with Crippen LogP contribution in [-0.4, -0.2) is 43.7 Å². The van der Waals surface area contributed by atoms with Gasteiger partial charge in [-0.05, 0) is 42.9 Å². The topological polar surface area (TPSA) is 122 Å². The van der Waals surface area contributed by atoms with Gasteiger partial charge >= 0.3 is 11.9 Å². The molecule has 0 radical (unpaired) electrons. The number of nitrogens with zero attached hydrogens (tertiary/aromatic N) is 2. The van der Waals surface area contributed by atoms with Crippen molar-refractivity contribution in [1.82, 2.24) is 14.9 Å². The number of carbonyl (C=O) groups excluding carboxylic acids is 1. The number of amides is 1. The van der Waals surface area contributed by atoms with Gasteiger partial charge in [0.1, 0.15) is 6.04 Å². The van der Waals surface area contributed by atoms with Crippen molar-refractivity contribution < 1.29 is 24.6 Å². The van der Waals surface area contributed by atoms with Gasteiger partial charge in [0, 0.05) is 25.1 Å². The molecule has 1 amide bonds. The summed E-state index contributed by atoms with van der Waals surface area (Å²) in [5, 5.41) is 22.8. The quantitative estimate of drug-likeness (QED) is 0.510. The maximum Gasteiger partial charge on any atom is 0.326 e. The number of carboxylic acid groups (broad SMARTS) is 2. The normalized spacial score (nSPS) is 22.6. The number of benzene rings is 1. The lowest BCUT2D eigenvalue weighted by molar-refractivity contribution is -0.155. The van der Waals surface area contributed by atoms with Crippen LogP contribution in [0.25, 0.3) is 0 Å². The average Bonchev–Trinajstić information content (AvgIpc) is 3.26. The average molecular weight is 496 g/mol. The SMILES string of the molecule is CC1(C(=O)O)CCC(C(=O)NC(Cc2cn(Cc3ccc(Cl)c(Cl)c3)cn2)C(=O)O)C1(C)C. The Labute approximate surface area is 201 Å². The molecule has 8 nitrogen and oxygen atoms in total. The fraction of sp³-hybridized carbons (Fsp3) is 0.478. The maximum absolute atomic E-state index is 13.0. The van der Waals surface area contributed by atoms with Crippen molar-refractivity contribution in [2.45, 2.75) is 52.6 Å². The van der Waals surface area contributed by atoms with E-state index in [1.54, 1.807) is 50.0 Å². The lowest BCUT2D eigenvalue weighted by atomic mass is 9.65. The Morgan fingerprint density at radius 3 is 2.48 bits per heavy atom. The molecule has 1 fully saturated rings. The molecule has 1 heterocycles. The zero-order valence-electron chi connectivity index (χ0n) is 18.6. The zero-order chi connectivity index (χ0) is 24.6. The Morgan fingerprint density at radius 1 is 1.21 bits per heavy atom. The third-order valence-corrected chi connectivity index (χ3v) is 7.82. The van der Waals surface area contributed by atoms with Crippen LogP contribution in [0.15, 0.2) is 30.7 Å². The van der Waals surface area contributed by atoms with Gasteiger partial charge in [-0.25, -0.2) is 9.78 Å². The summed E-state index contributed by atoms with van der Waals surface area (Å²) in [7, 11) is 0. The molecule has 3 atom stereocenters. The third-order valence-electron chi connectivity index (χ3n) is 7.08. The molecule has 1 saturated carbocycles. The first-order valence-corrected chi connectivity index (χ1v) is 11.3. The van der Waals surface area contributed by atoms with Gasteiger partial charge < -0.3 is 20.1 Å². The summed E-state index contributed by atoms with van der Waals surface area (Å²) in [6.07, 6.45) is 4.03. The first-order valence-electron chi connectivity index (χ1n) is 10.6. The fourth-order valence-corrected chi connectivity index (χ4v) is 4.79. The molecule has 3 N–H and O–H groups in total. The van der Waals surface area contributed by atoms with Crippen LogP contribution < -0.4 is 5.32 Å². The van der Waals surface area contributed by atoms with Gasteiger partial charge in [-0.2, -0.15) is 0 Å². The number of hydrogen-bond acceptors (Lipinski definition) is 4. The summed E-state index contributed by atoms with van der Waals surface area (Å²) in [5.74, 6) is -3.19. The molecule has 10 heteroatoms. The number of hydrogen-bond donors (Lipinski definition) is 3. The molecular weight excluding hydrogens is 469 g/mol. The van der Waals surface area contributed by atoms with E-state index in [-0.39, 0.29) is 6.42 Å². The fourth-order valence-electron chi connectivity index (χ4n) is 4.47. The standard InChI is InChI=1S/C23H27Cl2N3O5/c1-22(2)15(6-7-23(22,3)21(32)33)19(29)27-18(20(30)31)9-14-11-28(12-26-14)10-13-4-5-16(24)17(25)8-13/h4-5,8,11-12,15,18H,6-7,9-10H2,1-3H3,(H,27,29)(H,30,31)(H,32,33). The van der Waals surface area contributed by atoms with Crippen LogP contribution in [-0.2, 0) is 27.3 Å². The largest absolute Gasteiger partial charge is 0.481 e. The molecule has 33 heavy (non-hydrogen) atoms. The summed E-state index contributed by atoms with van der Waals surface area (Å²) in [4.78, 5) is 40.9. The highest BCUT2D eigenvalue weighted by Gasteiger charge is 2.58. The van der Waals surface area contributed by atoms with E-state index < -0.39 is 40.6 Å². The van der Waals surface area contributed by atoms with E-state index in [1.165, 1.54) is 0 Å². The van der Waals surface area contributed by atoms with Crippen molar-refractivity contribution in [3.05, 3.63) is 52.0 Å². The van der Waals surface area contributed by atoms with Crippen LogP contribution in [0.3, 0.4) is 0 Å². The lowest BCUT2D eigenvalue weighted by Gasteiger charge is -2.38. The Hall–Kier alpha value is -2.58. The zero-order valence-corrected chi connectivity index (χ0v) is 20.2. The minimum atomic E-state index is -1.18. The Kier molecular flexibility index (Phi) is 7.10. The predicted octanol–water partition coefficient (Wildman–Crippen LogP) is 3.88. The smallest absolute Gasteiger partial charge is 0.326 e. The van der Waals surface area contributed by atoms with Gasteiger partial charge in [0.15, 0.2) is 0 Å². The molecule has 178 valence electrons. The Bertz CT molecular complexity index is 1080. The predicted molar refractivity (Wildman–Crippen MR) is 123 cm³/mol. The number of aromatic nitrogens is 2. The molecular formula is C23H27Cl2N3O5. The molecule has 1 aromatic carbocycles. The molecule has 1 aliphatic carbocycles. The van der Waals surface area contributed by atoms with Crippen LogP contribution in [0.2, 0.25) is 10.0 Å². The molecule has 3 unspecified atom stereocenters. The second-order valence-corrected chi connectivity index (χ2v) is 10.2. The monoisotopic (exact) mass is 495 g/mol. The molecule has 0 saturated heterocycles. The van der Waals surface area contributed by atoms with Gasteiger partial charge in [-0.1, -0.05) is 43.1 Å². The second kappa shape index (κ2) is 9.35. The van der Waals surface area contributed by atoms with Crippen molar-refractivity contribution in [1.29, 1.82) is 0 Å². The first kappa shape index (κ1) is 25.1. The Morgan fingerprint density at radius 2 is 1.91 bits per heavy atom. The summed E-state index contributed by atoms with van der Waals surface area (Å²) in [6.45, 7) is 5.60. The van der Waals surface area contributed by atoms with Gasteiger partial charge in [0.05, 0.1) is 27.5 Å². The molecule has 1 aliphatic rings. The second-order valence-electron chi connectivity index (χ2n) is 9.34. The van der Waals surface area contributed by atoms with E-state index >= 15 is 0 Å². The molecule has 3 rings (SSSR count). The summed E-state index contributed by atoms with van der Waals surface area (Å²) < 4.78 is 1.79. The van der Waals surface area contributed by atoms with Crippen LogP contribution in [0, 0.1) is 16.7 Å². The summed E-state index contributed by atoms with van der Waals surface area (Å²) in [6, 6.07) is 4.10. The number of nitrogens with one attached hydrogen (secondary N) is 1. The van der Waals surface area contributed by atoms with Gasteiger partial charge in [0.25, 0.3) is 0 Å². The maximum atomic E-state index is 13.0. The summed E-state index contributed by atoms with van der Waals surface area (Å²) >= 11 is 12.0.